The van der Waals surface area contributed by atoms with Crippen molar-refractivity contribution in [3.63, 3.8) is 0 Å². The van der Waals surface area contributed by atoms with E-state index < -0.39 is 0 Å². The lowest BCUT2D eigenvalue weighted by molar-refractivity contribution is 0.100. The third kappa shape index (κ3) is 3.48. The molecule has 1 fully saturated rings. The standard InChI is InChI=1S/C15H24FN3O/c1-11-9-19(7-6-18(11)2)10-14(17)12-4-5-15(20-3)13(16)8-12/h4-5,8,11,14H,6-7,9-10,17H2,1-3H3. The molecule has 1 aliphatic heterocycles. The highest BCUT2D eigenvalue weighted by Gasteiger charge is 2.22. The van der Waals surface area contributed by atoms with E-state index in [1.54, 1.807) is 6.07 Å². The average molecular weight is 281 g/mol. The summed E-state index contributed by atoms with van der Waals surface area (Å²) < 4.78 is 18.6. The van der Waals surface area contributed by atoms with Crippen LogP contribution in [0.5, 0.6) is 5.75 Å². The monoisotopic (exact) mass is 281 g/mol. The van der Waals surface area contributed by atoms with Crippen molar-refractivity contribution in [2.45, 2.75) is 19.0 Å². The minimum Gasteiger partial charge on any atom is -0.494 e. The molecule has 112 valence electrons. The first-order chi connectivity index (χ1) is 9.51. The van der Waals surface area contributed by atoms with Gasteiger partial charge in [0.05, 0.1) is 7.11 Å². The van der Waals surface area contributed by atoms with Crippen LogP contribution < -0.4 is 10.5 Å². The molecule has 2 unspecified atom stereocenters. The zero-order chi connectivity index (χ0) is 14.7. The van der Waals surface area contributed by atoms with Gasteiger partial charge in [-0.2, -0.15) is 0 Å². The fourth-order valence-electron chi connectivity index (χ4n) is 2.59. The maximum atomic E-state index is 13.7. The van der Waals surface area contributed by atoms with E-state index in [0.29, 0.717) is 6.04 Å². The first-order valence-corrected chi connectivity index (χ1v) is 7.03. The second kappa shape index (κ2) is 6.52. The summed E-state index contributed by atoms with van der Waals surface area (Å²) in [6.07, 6.45) is 0. The number of methoxy groups -OCH3 is 1. The second-order valence-corrected chi connectivity index (χ2v) is 5.59. The summed E-state index contributed by atoms with van der Waals surface area (Å²) in [6, 6.07) is 5.31. The lowest BCUT2D eigenvalue weighted by atomic mass is 10.1. The van der Waals surface area contributed by atoms with Gasteiger partial charge in [0, 0.05) is 38.3 Å². The third-order valence-electron chi connectivity index (χ3n) is 4.10. The van der Waals surface area contributed by atoms with Crippen LogP contribution >= 0.6 is 0 Å². The van der Waals surface area contributed by atoms with Crippen LogP contribution in [0.25, 0.3) is 0 Å². The molecule has 0 amide bonds. The zero-order valence-corrected chi connectivity index (χ0v) is 12.5. The van der Waals surface area contributed by atoms with Crippen molar-refractivity contribution in [2.75, 3.05) is 40.3 Å². The van der Waals surface area contributed by atoms with Crippen LogP contribution in [0.15, 0.2) is 18.2 Å². The summed E-state index contributed by atoms with van der Waals surface area (Å²) in [4.78, 5) is 4.69. The molecule has 1 aromatic rings. The van der Waals surface area contributed by atoms with Gasteiger partial charge in [-0.1, -0.05) is 6.07 Å². The molecule has 0 radical (unpaired) electrons. The molecule has 4 nitrogen and oxygen atoms in total. The highest BCUT2D eigenvalue weighted by atomic mass is 19.1. The summed E-state index contributed by atoms with van der Waals surface area (Å²) in [5, 5.41) is 0. The molecule has 5 heteroatoms. The number of hydrogen-bond acceptors (Lipinski definition) is 4. The number of hydrogen-bond donors (Lipinski definition) is 1. The van der Waals surface area contributed by atoms with Gasteiger partial charge in [0.25, 0.3) is 0 Å². The number of piperazine rings is 1. The normalized spacial score (nSPS) is 22.8. The Kier molecular flexibility index (Phi) is 4.96. The van der Waals surface area contributed by atoms with Gasteiger partial charge in [-0.25, -0.2) is 4.39 Å². The molecular formula is C15H24FN3O. The molecule has 0 aromatic heterocycles. The van der Waals surface area contributed by atoms with Crippen LogP contribution in [-0.4, -0.2) is 56.2 Å². The van der Waals surface area contributed by atoms with Gasteiger partial charge in [-0.3, -0.25) is 4.90 Å². The van der Waals surface area contributed by atoms with Crippen LogP contribution in [0.2, 0.25) is 0 Å². The predicted molar refractivity (Wildman–Crippen MR) is 78.4 cm³/mol. The number of rotatable bonds is 4. The van der Waals surface area contributed by atoms with E-state index in [-0.39, 0.29) is 17.6 Å². The van der Waals surface area contributed by atoms with Crippen LogP contribution in [0.4, 0.5) is 4.39 Å². The van der Waals surface area contributed by atoms with Gasteiger partial charge in [0.2, 0.25) is 0 Å². The van der Waals surface area contributed by atoms with Gasteiger partial charge in [-0.15, -0.1) is 0 Å². The second-order valence-electron chi connectivity index (χ2n) is 5.59. The van der Waals surface area contributed by atoms with E-state index in [1.165, 1.54) is 13.2 Å². The fourth-order valence-corrected chi connectivity index (χ4v) is 2.59. The van der Waals surface area contributed by atoms with E-state index in [1.807, 2.05) is 6.07 Å². The lowest BCUT2D eigenvalue weighted by Gasteiger charge is -2.38. The summed E-state index contributed by atoms with van der Waals surface area (Å²) >= 11 is 0. The quantitative estimate of drug-likeness (QED) is 0.907. The van der Waals surface area contributed by atoms with E-state index in [4.69, 9.17) is 10.5 Å². The zero-order valence-electron chi connectivity index (χ0n) is 12.5. The fraction of sp³-hybridized carbons (Fsp3) is 0.600. The number of nitrogens with zero attached hydrogens (tertiary/aromatic N) is 2. The Hall–Kier alpha value is -1.17. The van der Waals surface area contributed by atoms with E-state index in [2.05, 4.69) is 23.8 Å². The largest absolute Gasteiger partial charge is 0.494 e. The van der Waals surface area contributed by atoms with Crippen molar-refractivity contribution >= 4 is 0 Å². The molecule has 0 bridgehead atoms. The van der Waals surface area contributed by atoms with Crippen molar-refractivity contribution in [1.29, 1.82) is 0 Å². The molecule has 2 atom stereocenters. The van der Waals surface area contributed by atoms with E-state index >= 15 is 0 Å². The summed E-state index contributed by atoms with van der Waals surface area (Å²) in [6.45, 7) is 6.02. The van der Waals surface area contributed by atoms with E-state index in [9.17, 15) is 4.39 Å². The minimum atomic E-state index is -0.354. The van der Waals surface area contributed by atoms with Gasteiger partial charge in [0.1, 0.15) is 0 Å². The van der Waals surface area contributed by atoms with Crippen molar-refractivity contribution in [2.24, 2.45) is 5.73 Å². The third-order valence-corrected chi connectivity index (χ3v) is 4.10. The van der Waals surface area contributed by atoms with Crippen molar-refractivity contribution in [3.8, 4) is 5.75 Å². The molecule has 1 heterocycles. The number of nitrogens with two attached hydrogens (primary N) is 1. The molecule has 1 aliphatic rings. The van der Waals surface area contributed by atoms with Crippen molar-refractivity contribution < 1.29 is 9.13 Å². The van der Waals surface area contributed by atoms with Crippen LogP contribution in [0.3, 0.4) is 0 Å². The highest BCUT2D eigenvalue weighted by Crippen LogP contribution is 2.22. The van der Waals surface area contributed by atoms with Crippen molar-refractivity contribution in [1.82, 2.24) is 9.80 Å². The molecule has 1 saturated heterocycles. The van der Waals surface area contributed by atoms with Gasteiger partial charge in [-0.05, 0) is 31.7 Å². The topological polar surface area (TPSA) is 41.7 Å². The summed E-state index contributed by atoms with van der Waals surface area (Å²) in [5.41, 5.74) is 7.02. The van der Waals surface area contributed by atoms with Crippen molar-refractivity contribution in [3.05, 3.63) is 29.6 Å². The van der Waals surface area contributed by atoms with Gasteiger partial charge in [0.15, 0.2) is 11.6 Å². The van der Waals surface area contributed by atoms with E-state index in [0.717, 1.165) is 31.7 Å². The lowest BCUT2D eigenvalue weighted by Crippen LogP contribution is -2.51. The van der Waals surface area contributed by atoms with Crippen LogP contribution in [0, 0.1) is 5.82 Å². The molecule has 20 heavy (non-hydrogen) atoms. The first-order valence-electron chi connectivity index (χ1n) is 7.03. The van der Waals surface area contributed by atoms with Crippen LogP contribution in [0.1, 0.15) is 18.5 Å². The number of likely N-dealkylation sites (N-methyl/N-ethyl adjacent to an activating group) is 1. The Morgan fingerprint density at radius 1 is 1.45 bits per heavy atom. The number of benzene rings is 1. The SMILES string of the molecule is COc1ccc(C(N)CN2CCN(C)C(C)C2)cc1F. The van der Waals surface area contributed by atoms with Gasteiger partial charge < -0.3 is 15.4 Å². The summed E-state index contributed by atoms with van der Waals surface area (Å²) in [7, 11) is 3.60. The molecule has 0 spiro atoms. The molecule has 0 saturated carbocycles. The smallest absolute Gasteiger partial charge is 0.165 e. The Balaban J connectivity index is 1.98. The van der Waals surface area contributed by atoms with Crippen LogP contribution in [-0.2, 0) is 0 Å². The molecular weight excluding hydrogens is 257 g/mol. The molecule has 2 rings (SSSR count). The number of halogens is 1. The van der Waals surface area contributed by atoms with Gasteiger partial charge >= 0.3 is 0 Å². The Labute approximate surface area is 120 Å². The number of ether oxygens (including phenoxy) is 1. The first kappa shape index (κ1) is 15.2. The summed E-state index contributed by atoms with van der Waals surface area (Å²) in [5.74, 6) is -0.0960. The Morgan fingerprint density at radius 2 is 2.20 bits per heavy atom. The molecule has 2 N–H and O–H groups in total. The molecule has 1 aromatic carbocycles. The maximum Gasteiger partial charge on any atom is 0.165 e. The maximum absolute atomic E-state index is 13.7. The predicted octanol–water partition coefficient (Wildman–Crippen LogP) is 1.47. The highest BCUT2D eigenvalue weighted by molar-refractivity contribution is 5.31. The molecule has 0 aliphatic carbocycles. The minimum absolute atomic E-state index is 0.175. The Bertz CT molecular complexity index is 455. The average Bonchev–Trinajstić information content (AvgIpc) is 2.42. The Morgan fingerprint density at radius 3 is 2.80 bits per heavy atom.